The Morgan fingerprint density at radius 3 is 2.55 bits per heavy atom. The molecule has 0 N–H and O–H groups in total. The number of imidazole rings is 1. The van der Waals surface area contributed by atoms with Crippen LogP contribution in [0, 0.1) is 0 Å². The average molecular weight is 493 g/mol. The second-order valence-electron chi connectivity index (χ2n) is 10.5. The molecular weight excluding hydrogens is 474 g/mol. The second kappa shape index (κ2) is 5.41. The maximum absolute atomic E-state index is 6.72. The topological polar surface area (TPSA) is 40.2 Å². The molecule has 7 heterocycles. The second-order valence-corrected chi connectivity index (χ2v) is 10.5. The van der Waals surface area contributed by atoms with E-state index in [1.807, 2.05) is 0 Å². The smallest absolute Gasteiger partial charge is 0.352 e. The molecule has 0 amide bonds. The van der Waals surface area contributed by atoms with E-state index in [1.54, 1.807) is 0 Å². The van der Waals surface area contributed by atoms with Crippen LogP contribution < -0.4 is 18.4 Å². The van der Waals surface area contributed by atoms with E-state index in [1.165, 1.54) is 16.3 Å². The van der Waals surface area contributed by atoms with Crippen molar-refractivity contribution in [2.24, 2.45) is 7.05 Å². The summed E-state index contributed by atoms with van der Waals surface area (Å²) in [5, 5.41) is 2.38. The van der Waals surface area contributed by atoms with Gasteiger partial charge in [0.25, 0.3) is 5.69 Å². The van der Waals surface area contributed by atoms with E-state index in [-0.39, 0.29) is 0 Å². The van der Waals surface area contributed by atoms with E-state index in [0.29, 0.717) is 4.70 Å². The summed E-state index contributed by atoms with van der Waals surface area (Å²) in [5.41, 5.74) is 10.7. The zero-order chi connectivity index (χ0) is 24.5. The zero-order valence-corrected chi connectivity index (χ0v) is 20.2. The van der Waals surface area contributed by atoms with Crippen molar-refractivity contribution >= 4 is 61.0 Å². The summed E-state index contributed by atoms with van der Waals surface area (Å²) in [6, 6.07) is 29.9. The highest BCUT2D eigenvalue weighted by atomic mass is 16.5. The first-order valence-electron chi connectivity index (χ1n) is 12.8. The predicted molar refractivity (Wildman–Crippen MR) is 143 cm³/mol. The Labute approximate surface area is 214 Å². The first kappa shape index (κ1) is 18.2. The third kappa shape index (κ3) is 1.56. The molecule has 0 fully saturated rings. The van der Waals surface area contributed by atoms with Gasteiger partial charge in [-0.3, -0.25) is 0 Å². The van der Waals surface area contributed by atoms with Crippen LogP contribution in [-0.4, -0.2) is 9.35 Å². The summed E-state index contributed by atoms with van der Waals surface area (Å²) in [7, 11) is 2.16. The van der Waals surface area contributed by atoms with Gasteiger partial charge < -0.3 is 9.15 Å². The Balaban J connectivity index is 1.55. The van der Waals surface area contributed by atoms with Crippen LogP contribution in [0.4, 0.5) is 11.4 Å². The Bertz CT molecular complexity index is 2460. The summed E-state index contributed by atoms with van der Waals surface area (Å²) in [6.45, 7) is 0. The van der Waals surface area contributed by atoms with Crippen LogP contribution in [0.5, 0.6) is 11.5 Å². The molecular formula is C31H18N5O2+3. The molecule has 0 bridgehead atoms. The number of nitrogens with zero attached hydrogens (tertiary/aromatic N) is 5. The van der Waals surface area contributed by atoms with E-state index >= 15 is 0 Å². The lowest BCUT2D eigenvalue weighted by Gasteiger charge is -2.32. The average Bonchev–Trinajstić information content (AvgIpc) is 3.57. The Morgan fingerprint density at radius 1 is 0.737 bits per heavy atom. The van der Waals surface area contributed by atoms with Crippen molar-refractivity contribution in [1.29, 1.82) is 0 Å². The molecule has 0 saturated carbocycles. The van der Waals surface area contributed by atoms with Gasteiger partial charge in [-0.2, -0.15) is 4.40 Å². The molecule has 7 heteroatoms. The highest BCUT2D eigenvalue weighted by Crippen LogP contribution is 2.63. The zero-order valence-electron chi connectivity index (χ0n) is 20.2. The number of aromatic nitrogens is 4. The number of fused-ring (bicyclic) bond motifs is 5. The van der Waals surface area contributed by atoms with Gasteiger partial charge >= 0.3 is 17.2 Å². The predicted octanol–water partition coefficient (Wildman–Crippen LogP) is 6.02. The fraction of sp³-hybridized carbons (Fsp3) is 0.0323. The van der Waals surface area contributed by atoms with Crippen LogP contribution >= 0.6 is 0 Å². The lowest BCUT2D eigenvalue weighted by molar-refractivity contribution is -0.634. The van der Waals surface area contributed by atoms with Gasteiger partial charge in [-0.1, -0.05) is 24.3 Å². The fourth-order valence-electron chi connectivity index (χ4n) is 7.61. The third-order valence-electron chi connectivity index (χ3n) is 8.87. The maximum Gasteiger partial charge on any atom is 0.352 e. The van der Waals surface area contributed by atoms with Gasteiger partial charge in [0.2, 0.25) is 16.8 Å². The van der Waals surface area contributed by atoms with E-state index in [9.17, 15) is 0 Å². The molecule has 11 rings (SSSR count). The molecule has 4 aromatic carbocycles. The van der Waals surface area contributed by atoms with Gasteiger partial charge in [-0.05, 0) is 65.3 Å². The Hall–Kier alpha value is -5.14. The lowest BCUT2D eigenvalue weighted by Crippen LogP contribution is -2.57. The largest absolute Gasteiger partial charge is 0.448 e. The number of hydrogen-bond acceptors (Lipinski definition) is 2. The highest BCUT2D eigenvalue weighted by molar-refractivity contribution is 6.11. The number of ether oxygens (including phenoxy) is 1. The molecule has 1 spiro atoms. The van der Waals surface area contributed by atoms with Crippen molar-refractivity contribution in [2.75, 3.05) is 0 Å². The van der Waals surface area contributed by atoms with Crippen LogP contribution in [0.2, 0.25) is 0 Å². The van der Waals surface area contributed by atoms with Crippen LogP contribution in [0.15, 0.2) is 95.5 Å². The Morgan fingerprint density at radius 2 is 1.58 bits per heavy atom. The van der Waals surface area contributed by atoms with Crippen molar-refractivity contribution in [2.45, 2.75) is 0 Å². The summed E-state index contributed by atoms with van der Waals surface area (Å²) in [4.78, 5) is 0. The van der Waals surface area contributed by atoms with Crippen LogP contribution in [0.25, 0.3) is 61.0 Å². The van der Waals surface area contributed by atoms with Gasteiger partial charge in [0.05, 0.1) is 17.1 Å². The van der Waals surface area contributed by atoms with Crippen LogP contribution in [0.3, 0.4) is 0 Å². The molecule has 1 unspecified atom stereocenters. The lowest BCUT2D eigenvalue weighted by atomic mass is 10.1. The minimum absolute atomic E-state index is 0.340. The van der Waals surface area contributed by atoms with Gasteiger partial charge in [-0.25, -0.2) is 4.57 Å². The molecule has 176 valence electrons. The molecule has 3 aliphatic heterocycles. The van der Waals surface area contributed by atoms with Crippen LogP contribution in [-0.2, 0) is 7.05 Å². The number of hydrogen-bond donors (Lipinski definition) is 0. The van der Waals surface area contributed by atoms with Gasteiger partial charge in [0.15, 0.2) is 34.1 Å². The molecule has 7 nitrogen and oxygen atoms in total. The molecule has 4 aromatic heterocycles. The molecule has 3 aliphatic rings. The SMILES string of the molecule is C[n+]1c2n(c3ccccc31)[N+]13c4c(cccc4-2)Oc2ccc4oc5cccc6c7cccn1c7[n+](c4c23)c56. The molecule has 38 heavy (non-hydrogen) atoms. The number of para-hydroxylation sites is 4. The molecule has 0 radical (unpaired) electrons. The van der Waals surface area contributed by atoms with Crippen LogP contribution in [0.1, 0.15) is 0 Å². The number of benzene rings is 4. The van der Waals surface area contributed by atoms with Crippen molar-refractivity contribution < 1.29 is 18.1 Å². The summed E-state index contributed by atoms with van der Waals surface area (Å²) in [6.07, 6.45) is 2.22. The first-order valence-corrected chi connectivity index (χ1v) is 12.8. The summed E-state index contributed by atoms with van der Waals surface area (Å²) in [5.74, 6) is 2.85. The van der Waals surface area contributed by atoms with E-state index in [0.717, 1.165) is 67.6 Å². The van der Waals surface area contributed by atoms with Crippen molar-refractivity contribution in [1.82, 2.24) is 14.1 Å². The van der Waals surface area contributed by atoms with Crippen molar-refractivity contribution in [3.63, 3.8) is 0 Å². The van der Waals surface area contributed by atoms with Crippen molar-refractivity contribution in [3.8, 4) is 22.9 Å². The number of quaternary nitrogens is 1. The third-order valence-corrected chi connectivity index (χ3v) is 8.87. The van der Waals surface area contributed by atoms with Gasteiger partial charge in [0, 0.05) is 10.1 Å². The van der Waals surface area contributed by atoms with Gasteiger partial charge in [-0.15, -0.1) is 0 Å². The quantitative estimate of drug-likeness (QED) is 0.147. The van der Waals surface area contributed by atoms with Crippen molar-refractivity contribution in [3.05, 3.63) is 91.1 Å². The number of aryl methyl sites for hydroxylation is 1. The molecule has 8 aromatic rings. The highest BCUT2D eigenvalue weighted by Gasteiger charge is 2.68. The van der Waals surface area contributed by atoms with E-state index in [4.69, 9.17) is 9.15 Å². The molecule has 0 aliphatic carbocycles. The van der Waals surface area contributed by atoms with E-state index in [2.05, 4.69) is 116 Å². The monoisotopic (exact) mass is 492 g/mol. The molecule has 1 atom stereocenters. The van der Waals surface area contributed by atoms with E-state index < -0.39 is 0 Å². The fourth-order valence-corrected chi connectivity index (χ4v) is 7.61. The summed E-state index contributed by atoms with van der Waals surface area (Å²) < 4.78 is 23.3. The minimum Gasteiger partial charge on any atom is -0.448 e. The Kier molecular flexibility index (Phi) is 2.59. The number of pyridine rings is 1. The summed E-state index contributed by atoms with van der Waals surface area (Å²) >= 11 is 0. The minimum atomic E-state index is 0.340. The standard InChI is InChI=1S/C31H18N5O2/c1-32-20-10-2-3-11-21(20)35-30(32)19-8-5-13-24-28(19)36(35)29-25(38-24)15-14-23-27(29)34-26-17(7-4-12-22(26)37-23)18-9-6-16-33(36)31(18)34/h2-16H,1H3/q+3. The normalized spacial score (nSPS) is 17.9. The molecule has 0 saturated heterocycles. The number of rotatable bonds is 0. The van der Waals surface area contributed by atoms with Gasteiger partial charge in [0.1, 0.15) is 5.56 Å². The maximum atomic E-state index is 6.72. The first-order chi connectivity index (χ1) is 18.8.